The quantitative estimate of drug-likeness (QED) is 0.751. The Morgan fingerprint density at radius 3 is 2.89 bits per heavy atom. The predicted octanol–water partition coefficient (Wildman–Crippen LogP) is 2.30. The van der Waals surface area contributed by atoms with Crippen molar-refractivity contribution in [2.75, 3.05) is 13.2 Å². The molecule has 1 heterocycles. The molecule has 0 aliphatic carbocycles. The summed E-state index contributed by atoms with van der Waals surface area (Å²) >= 11 is 1.68. The number of hydrogen-bond donors (Lipinski definition) is 3. The third kappa shape index (κ3) is 2.90. The van der Waals surface area contributed by atoms with Gasteiger partial charge >= 0.3 is 0 Å². The molecule has 0 saturated carbocycles. The number of rotatable bonds is 6. The number of aliphatic hydroxyl groups is 2. The van der Waals surface area contributed by atoms with Gasteiger partial charge < -0.3 is 15.5 Å². The van der Waals surface area contributed by atoms with Gasteiger partial charge in [-0.05, 0) is 41.4 Å². The normalized spacial score (nSPS) is 14.8. The number of likely N-dealkylation sites (N-methyl/N-ethyl adjacent to an activating group) is 1. The van der Waals surface area contributed by atoms with Crippen molar-refractivity contribution in [3.8, 4) is 0 Å². The van der Waals surface area contributed by atoms with Crippen LogP contribution in [0.4, 0.5) is 0 Å². The Labute approximate surface area is 111 Å². The summed E-state index contributed by atoms with van der Waals surface area (Å²) in [6.45, 7) is 2.86. The van der Waals surface area contributed by atoms with Gasteiger partial charge in [0.2, 0.25) is 0 Å². The molecule has 1 aromatic heterocycles. The van der Waals surface area contributed by atoms with Gasteiger partial charge in [0.15, 0.2) is 0 Å². The van der Waals surface area contributed by atoms with Crippen LogP contribution in [-0.2, 0) is 0 Å². The molecule has 3 nitrogen and oxygen atoms in total. The van der Waals surface area contributed by atoms with E-state index in [0.717, 1.165) is 12.1 Å². The molecule has 2 rings (SSSR count). The van der Waals surface area contributed by atoms with Crippen molar-refractivity contribution in [2.24, 2.45) is 0 Å². The Bertz CT molecular complexity index is 491. The molecule has 2 aromatic rings. The van der Waals surface area contributed by atoms with Crippen molar-refractivity contribution >= 4 is 21.4 Å². The van der Waals surface area contributed by atoms with E-state index in [0.29, 0.717) is 6.42 Å². The molecule has 0 aliphatic heterocycles. The van der Waals surface area contributed by atoms with E-state index < -0.39 is 6.10 Å². The zero-order chi connectivity index (χ0) is 13.0. The van der Waals surface area contributed by atoms with Gasteiger partial charge in [0.05, 0.1) is 6.10 Å². The fourth-order valence-corrected chi connectivity index (χ4v) is 3.00. The second kappa shape index (κ2) is 6.29. The minimum Gasteiger partial charge on any atom is -0.396 e. The smallest absolute Gasteiger partial charge is 0.0944 e. The van der Waals surface area contributed by atoms with Crippen LogP contribution in [0, 0.1) is 0 Å². The molecule has 2 atom stereocenters. The molecule has 3 N–H and O–H groups in total. The lowest BCUT2D eigenvalue weighted by Gasteiger charge is -2.23. The SMILES string of the molecule is CCNC(CCO)C(O)c1ccc2ccsc2c1. The van der Waals surface area contributed by atoms with E-state index in [1.165, 1.54) is 10.1 Å². The van der Waals surface area contributed by atoms with E-state index >= 15 is 0 Å². The minimum atomic E-state index is -0.580. The van der Waals surface area contributed by atoms with Gasteiger partial charge in [0, 0.05) is 17.3 Å². The number of aliphatic hydroxyl groups excluding tert-OH is 2. The van der Waals surface area contributed by atoms with E-state index in [9.17, 15) is 5.11 Å². The van der Waals surface area contributed by atoms with E-state index in [4.69, 9.17) is 5.11 Å². The monoisotopic (exact) mass is 265 g/mol. The van der Waals surface area contributed by atoms with Crippen LogP contribution in [0.3, 0.4) is 0 Å². The van der Waals surface area contributed by atoms with Gasteiger partial charge in [-0.15, -0.1) is 11.3 Å². The Kier molecular flexibility index (Phi) is 4.72. The molecular weight excluding hydrogens is 246 g/mol. The number of hydrogen-bond acceptors (Lipinski definition) is 4. The highest BCUT2D eigenvalue weighted by Crippen LogP contribution is 2.26. The molecule has 0 saturated heterocycles. The molecule has 0 spiro atoms. The Balaban J connectivity index is 2.21. The standard InChI is InChI=1S/C14H19NO2S/c1-2-15-12(5-7-16)14(17)11-4-3-10-6-8-18-13(10)9-11/h3-4,6,8-9,12,14-17H,2,5,7H2,1H3. The van der Waals surface area contributed by atoms with Gasteiger partial charge in [-0.1, -0.05) is 19.1 Å². The summed E-state index contributed by atoms with van der Waals surface area (Å²) in [4.78, 5) is 0. The highest BCUT2D eigenvalue weighted by Gasteiger charge is 2.19. The van der Waals surface area contributed by atoms with Crippen LogP contribution >= 0.6 is 11.3 Å². The van der Waals surface area contributed by atoms with Gasteiger partial charge in [0.1, 0.15) is 0 Å². The Morgan fingerprint density at radius 1 is 1.33 bits per heavy atom. The predicted molar refractivity (Wildman–Crippen MR) is 76.0 cm³/mol. The molecule has 2 unspecified atom stereocenters. The van der Waals surface area contributed by atoms with Gasteiger partial charge in [-0.25, -0.2) is 0 Å². The molecular formula is C14H19NO2S. The van der Waals surface area contributed by atoms with Gasteiger partial charge in [0.25, 0.3) is 0 Å². The third-order valence-electron chi connectivity index (χ3n) is 3.11. The zero-order valence-corrected chi connectivity index (χ0v) is 11.3. The summed E-state index contributed by atoms with van der Waals surface area (Å²) in [5, 5.41) is 25.9. The Hall–Kier alpha value is -0.940. The summed E-state index contributed by atoms with van der Waals surface area (Å²) in [7, 11) is 0. The number of nitrogens with one attached hydrogen (secondary N) is 1. The maximum Gasteiger partial charge on any atom is 0.0944 e. The first-order valence-corrected chi connectivity index (χ1v) is 7.13. The summed E-state index contributed by atoms with van der Waals surface area (Å²) in [6, 6.07) is 8.00. The average molecular weight is 265 g/mol. The lowest BCUT2D eigenvalue weighted by molar-refractivity contribution is 0.112. The van der Waals surface area contributed by atoms with Crippen LogP contribution in [0.5, 0.6) is 0 Å². The zero-order valence-electron chi connectivity index (χ0n) is 10.5. The van der Waals surface area contributed by atoms with Crippen molar-refractivity contribution < 1.29 is 10.2 Å². The summed E-state index contributed by atoms with van der Waals surface area (Å²) in [6.07, 6.45) is -0.0269. The lowest BCUT2D eigenvalue weighted by atomic mass is 9.99. The van der Waals surface area contributed by atoms with Crippen molar-refractivity contribution in [1.29, 1.82) is 0 Å². The maximum absolute atomic E-state index is 10.4. The molecule has 4 heteroatoms. The highest BCUT2D eigenvalue weighted by molar-refractivity contribution is 7.17. The molecule has 0 fully saturated rings. The van der Waals surface area contributed by atoms with E-state index in [1.54, 1.807) is 11.3 Å². The van der Waals surface area contributed by atoms with Gasteiger partial charge in [-0.3, -0.25) is 0 Å². The molecule has 0 amide bonds. The number of benzene rings is 1. The number of fused-ring (bicyclic) bond motifs is 1. The van der Waals surface area contributed by atoms with Crippen LogP contribution in [0.2, 0.25) is 0 Å². The minimum absolute atomic E-state index is 0.0793. The first kappa shape index (κ1) is 13.5. The fraction of sp³-hybridized carbons (Fsp3) is 0.429. The first-order valence-electron chi connectivity index (χ1n) is 6.25. The van der Waals surface area contributed by atoms with Crippen molar-refractivity contribution in [3.63, 3.8) is 0 Å². The van der Waals surface area contributed by atoms with Crippen LogP contribution in [0.1, 0.15) is 25.0 Å². The largest absolute Gasteiger partial charge is 0.396 e. The Morgan fingerprint density at radius 2 is 2.17 bits per heavy atom. The molecule has 1 aromatic carbocycles. The third-order valence-corrected chi connectivity index (χ3v) is 3.99. The summed E-state index contributed by atoms with van der Waals surface area (Å²) < 4.78 is 1.19. The second-order valence-corrected chi connectivity index (χ2v) is 5.29. The molecule has 0 aliphatic rings. The summed E-state index contributed by atoms with van der Waals surface area (Å²) in [5.74, 6) is 0. The summed E-state index contributed by atoms with van der Waals surface area (Å²) in [5.41, 5.74) is 0.907. The highest BCUT2D eigenvalue weighted by atomic mass is 32.1. The van der Waals surface area contributed by atoms with E-state index in [-0.39, 0.29) is 12.6 Å². The molecule has 0 radical (unpaired) electrons. The topological polar surface area (TPSA) is 52.5 Å². The molecule has 0 bridgehead atoms. The number of thiophene rings is 1. The fourth-order valence-electron chi connectivity index (χ4n) is 2.16. The van der Waals surface area contributed by atoms with Crippen LogP contribution in [-0.4, -0.2) is 29.4 Å². The molecule has 98 valence electrons. The average Bonchev–Trinajstić information content (AvgIpc) is 2.84. The van der Waals surface area contributed by atoms with Crippen molar-refractivity contribution in [1.82, 2.24) is 5.32 Å². The first-order chi connectivity index (χ1) is 8.76. The van der Waals surface area contributed by atoms with E-state index in [1.807, 2.05) is 25.1 Å². The molecule has 18 heavy (non-hydrogen) atoms. The second-order valence-electron chi connectivity index (χ2n) is 4.34. The van der Waals surface area contributed by atoms with Gasteiger partial charge in [-0.2, -0.15) is 0 Å². The van der Waals surface area contributed by atoms with E-state index in [2.05, 4.69) is 16.8 Å². The maximum atomic E-state index is 10.4. The van der Waals surface area contributed by atoms with Crippen molar-refractivity contribution in [2.45, 2.75) is 25.5 Å². The van der Waals surface area contributed by atoms with Crippen molar-refractivity contribution in [3.05, 3.63) is 35.2 Å². The van der Waals surface area contributed by atoms with Crippen LogP contribution in [0.15, 0.2) is 29.6 Å². The van der Waals surface area contributed by atoms with Crippen LogP contribution < -0.4 is 5.32 Å². The van der Waals surface area contributed by atoms with Crippen LogP contribution in [0.25, 0.3) is 10.1 Å². The lowest BCUT2D eigenvalue weighted by Crippen LogP contribution is -2.35.